The van der Waals surface area contributed by atoms with Gasteiger partial charge < -0.3 is 20.4 Å². The molecular weight excluding hydrogens is 452 g/mol. The zero-order chi connectivity index (χ0) is 25.2. The number of hydrogen-bond donors (Lipinski definition) is 3. The normalized spacial score (nSPS) is 12.6. The van der Waals surface area contributed by atoms with Gasteiger partial charge in [0.05, 0.1) is 18.3 Å². The third-order valence-electron chi connectivity index (χ3n) is 6.21. The first-order valence-corrected chi connectivity index (χ1v) is 12.1. The average molecular weight is 483 g/mol. The van der Waals surface area contributed by atoms with E-state index in [2.05, 4.69) is 20.6 Å². The molecule has 3 aromatic carbocycles. The molecule has 7 heteroatoms. The number of amides is 2. The standard InChI is InChI=1S/C29H30N4O3/c34-19-26(17-25-18-30-20-32-25)33-29(36)24(15-23-11-6-10-22-9-4-5-12-27(22)23)16-28(35)31-14-13-21-7-2-1-3-8-21/h1-12,18-20,24,26H,13-17H2,(H,30,32)(H,31,35)(H,33,36)/t24?,26-/m0/s1. The van der Waals surface area contributed by atoms with Gasteiger partial charge in [0.1, 0.15) is 6.29 Å². The molecule has 7 nitrogen and oxygen atoms in total. The maximum Gasteiger partial charge on any atom is 0.224 e. The van der Waals surface area contributed by atoms with Crippen molar-refractivity contribution in [3.05, 3.63) is 102 Å². The van der Waals surface area contributed by atoms with Gasteiger partial charge in [-0.15, -0.1) is 0 Å². The lowest BCUT2D eigenvalue weighted by Gasteiger charge is -2.20. The molecule has 3 N–H and O–H groups in total. The Labute approximate surface area is 210 Å². The van der Waals surface area contributed by atoms with E-state index in [1.807, 2.05) is 72.8 Å². The predicted octanol–water partition coefficient (Wildman–Crippen LogP) is 3.40. The number of fused-ring (bicyclic) bond motifs is 1. The van der Waals surface area contributed by atoms with Crippen LogP contribution < -0.4 is 10.6 Å². The van der Waals surface area contributed by atoms with Crippen LogP contribution in [-0.2, 0) is 33.6 Å². The topological polar surface area (TPSA) is 104 Å². The Balaban J connectivity index is 1.46. The summed E-state index contributed by atoms with van der Waals surface area (Å²) in [7, 11) is 0. The van der Waals surface area contributed by atoms with E-state index in [9.17, 15) is 14.4 Å². The van der Waals surface area contributed by atoms with Crippen molar-refractivity contribution in [2.24, 2.45) is 5.92 Å². The summed E-state index contributed by atoms with van der Waals surface area (Å²) in [4.78, 5) is 44.8. The Bertz CT molecular complexity index is 1280. The first-order valence-electron chi connectivity index (χ1n) is 12.1. The zero-order valence-electron chi connectivity index (χ0n) is 20.0. The fourth-order valence-corrected chi connectivity index (χ4v) is 4.35. The minimum atomic E-state index is -0.714. The minimum Gasteiger partial charge on any atom is -0.356 e. The van der Waals surface area contributed by atoms with Crippen LogP contribution in [-0.4, -0.2) is 40.7 Å². The number of imidazole rings is 1. The maximum absolute atomic E-state index is 13.3. The summed E-state index contributed by atoms with van der Waals surface area (Å²) in [6, 6.07) is 23.2. The quantitative estimate of drug-likeness (QED) is 0.269. The molecule has 184 valence electrons. The molecule has 0 aliphatic rings. The molecule has 0 bridgehead atoms. The number of H-pyrrole nitrogens is 1. The molecule has 4 aromatic rings. The summed E-state index contributed by atoms with van der Waals surface area (Å²) in [5.74, 6) is -1.14. The second-order valence-electron chi connectivity index (χ2n) is 8.86. The van der Waals surface area contributed by atoms with Gasteiger partial charge in [-0.25, -0.2) is 4.98 Å². The number of rotatable bonds is 12. The number of aldehydes is 1. The van der Waals surface area contributed by atoms with Crippen molar-refractivity contribution in [2.75, 3.05) is 6.54 Å². The van der Waals surface area contributed by atoms with Crippen molar-refractivity contribution in [1.82, 2.24) is 20.6 Å². The van der Waals surface area contributed by atoms with Crippen LogP contribution in [0.4, 0.5) is 0 Å². The van der Waals surface area contributed by atoms with Crippen LogP contribution in [0.25, 0.3) is 10.8 Å². The molecule has 0 fully saturated rings. The highest BCUT2D eigenvalue weighted by atomic mass is 16.2. The first-order chi connectivity index (χ1) is 17.6. The van der Waals surface area contributed by atoms with E-state index < -0.39 is 12.0 Å². The second-order valence-corrected chi connectivity index (χ2v) is 8.86. The van der Waals surface area contributed by atoms with Crippen LogP contribution in [0.2, 0.25) is 0 Å². The van der Waals surface area contributed by atoms with Gasteiger partial charge in [0.15, 0.2) is 0 Å². The lowest BCUT2D eigenvalue weighted by molar-refractivity contribution is -0.131. The van der Waals surface area contributed by atoms with Crippen LogP contribution in [0.1, 0.15) is 23.2 Å². The Morgan fingerprint density at radius 2 is 1.72 bits per heavy atom. The first kappa shape index (κ1) is 24.9. The predicted molar refractivity (Wildman–Crippen MR) is 139 cm³/mol. The van der Waals surface area contributed by atoms with Crippen molar-refractivity contribution < 1.29 is 14.4 Å². The molecule has 2 amide bonds. The molecule has 1 heterocycles. The van der Waals surface area contributed by atoms with Gasteiger partial charge in [-0.1, -0.05) is 72.8 Å². The Kier molecular flexibility index (Phi) is 8.59. The van der Waals surface area contributed by atoms with Gasteiger partial charge in [0.2, 0.25) is 11.8 Å². The highest BCUT2D eigenvalue weighted by Crippen LogP contribution is 2.23. The second kappa shape index (κ2) is 12.4. The van der Waals surface area contributed by atoms with E-state index in [1.165, 1.54) is 6.33 Å². The van der Waals surface area contributed by atoms with Gasteiger partial charge in [0.25, 0.3) is 0 Å². The summed E-state index contributed by atoms with van der Waals surface area (Å²) in [5.41, 5.74) is 2.87. The van der Waals surface area contributed by atoms with E-state index in [0.29, 0.717) is 32.1 Å². The van der Waals surface area contributed by atoms with Gasteiger partial charge in [-0.2, -0.15) is 0 Å². The van der Waals surface area contributed by atoms with Crippen molar-refractivity contribution >= 4 is 28.9 Å². The zero-order valence-corrected chi connectivity index (χ0v) is 20.0. The number of carbonyl (C=O) groups is 3. The number of benzene rings is 3. The summed E-state index contributed by atoms with van der Waals surface area (Å²) in [6.45, 7) is 0.488. The fraction of sp³-hybridized carbons (Fsp3) is 0.241. The Morgan fingerprint density at radius 3 is 2.50 bits per heavy atom. The van der Waals surface area contributed by atoms with Crippen LogP contribution >= 0.6 is 0 Å². The summed E-state index contributed by atoms with van der Waals surface area (Å²) in [5, 5.41) is 7.89. The molecule has 1 unspecified atom stereocenters. The van der Waals surface area contributed by atoms with Gasteiger partial charge >= 0.3 is 0 Å². The van der Waals surface area contributed by atoms with Crippen LogP contribution in [0.3, 0.4) is 0 Å². The maximum atomic E-state index is 13.3. The lowest BCUT2D eigenvalue weighted by atomic mass is 9.91. The Morgan fingerprint density at radius 1 is 0.944 bits per heavy atom. The molecule has 0 spiro atoms. The number of nitrogens with one attached hydrogen (secondary N) is 3. The van der Waals surface area contributed by atoms with Gasteiger partial charge in [-0.3, -0.25) is 9.59 Å². The minimum absolute atomic E-state index is 0.0273. The monoisotopic (exact) mass is 482 g/mol. The van der Waals surface area contributed by atoms with E-state index in [0.717, 1.165) is 27.6 Å². The van der Waals surface area contributed by atoms with Crippen molar-refractivity contribution in [1.29, 1.82) is 0 Å². The summed E-state index contributed by atoms with van der Waals surface area (Å²) in [6.07, 6.45) is 5.30. The molecule has 0 aliphatic heterocycles. The summed E-state index contributed by atoms with van der Waals surface area (Å²) >= 11 is 0. The highest BCUT2D eigenvalue weighted by molar-refractivity contribution is 5.89. The molecule has 0 saturated carbocycles. The third kappa shape index (κ3) is 6.88. The number of hydrogen-bond acceptors (Lipinski definition) is 4. The van der Waals surface area contributed by atoms with E-state index >= 15 is 0 Å². The molecule has 0 saturated heterocycles. The number of carbonyl (C=O) groups excluding carboxylic acids is 3. The Hall–Kier alpha value is -4.26. The number of aromatic amines is 1. The van der Waals surface area contributed by atoms with E-state index in [-0.39, 0.29) is 18.2 Å². The largest absolute Gasteiger partial charge is 0.356 e. The highest BCUT2D eigenvalue weighted by Gasteiger charge is 2.25. The van der Waals surface area contributed by atoms with Crippen molar-refractivity contribution in [2.45, 2.75) is 31.7 Å². The van der Waals surface area contributed by atoms with Crippen LogP contribution in [0, 0.1) is 5.92 Å². The van der Waals surface area contributed by atoms with E-state index in [1.54, 1.807) is 6.20 Å². The summed E-state index contributed by atoms with van der Waals surface area (Å²) < 4.78 is 0. The van der Waals surface area contributed by atoms with Crippen molar-refractivity contribution in [3.63, 3.8) is 0 Å². The molecule has 4 rings (SSSR count). The lowest BCUT2D eigenvalue weighted by Crippen LogP contribution is -2.43. The fourth-order valence-electron chi connectivity index (χ4n) is 4.35. The van der Waals surface area contributed by atoms with Crippen LogP contribution in [0.15, 0.2) is 85.3 Å². The average Bonchev–Trinajstić information content (AvgIpc) is 3.42. The van der Waals surface area contributed by atoms with Gasteiger partial charge in [-0.05, 0) is 34.7 Å². The molecule has 36 heavy (non-hydrogen) atoms. The molecule has 2 atom stereocenters. The third-order valence-corrected chi connectivity index (χ3v) is 6.21. The van der Waals surface area contributed by atoms with Gasteiger partial charge in [0, 0.05) is 31.3 Å². The molecule has 0 aliphatic carbocycles. The number of nitrogens with zero attached hydrogens (tertiary/aromatic N) is 1. The molecule has 0 radical (unpaired) electrons. The van der Waals surface area contributed by atoms with Crippen LogP contribution in [0.5, 0.6) is 0 Å². The molecule has 1 aromatic heterocycles. The molecular formula is C29H30N4O3. The number of aromatic nitrogens is 2. The smallest absolute Gasteiger partial charge is 0.224 e. The van der Waals surface area contributed by atoms with E-state index in [4.69, 9.17) is 0 Å². The van der Waals surface area contributed by atoms with Crippen molar-refractivity contribution in [3.8, 4) is 0 Å². The SMILES string of the molecule is O=C[C@H](Cc1cnc[nH]1)NC(=O)C(CC(=O)NCCc1ccccc1)Cc1cccc2ccccc12.